The third-order valence-electron chi connectivity index (χ3n) is 3.66. The van der Waals surface area contributed by atoms with Crippen molar-refractivity contribution in [3.8, 4) is 22.3 Å². The van der Waals surface area contributed by atoms with E-state index in [9.17, 15) is 17.6 Å². The predicted octanol–water partition coefficient (Wildman–Crippen LogP) is 4.74. The summed E-state index contributed by atoms with van der Waals surface area (Å²) in [6.07, 6.45) is 0. The quantitative estimate of drug-likeness (QED) is 0.404. The van der Waals surface area contributed by atoms with Crippen LogP contribution in [0.4, 0.5) is 28.9 Å². The number of hydrogen-bond acceptors (Lipinski definition) is 2. The van der Waals surface area contributed by atoms with Crippen LogP contribution in [0, 0.1) is 23.3 Å². The Morgan fingerprint density at radius 1 is 0.458 bits per heavy atom. The van der Waals surface area contributed by atoms with Crippen molar-refractivity contribution >= 4 is 11.4 Å². The largest absolute Gasteiger partial charge is 0.399 e. The zero-order chi connectivity index (χ0) is 17.4. The molecule has 0 amide bonds. The molecule has 0 spiro atoms. The number of nitrogens with two attached hydrogens (primary N) is 2. The molecule has 0 fully saturated rings. The van der Waals surface area contributed by atoms with Crippen LogP contribution in [-0.4, -0.2) is 0 Å². The van der Waals surface area contributed by atoms with E-state index in [0.717, 1.165) is 0 Å². The Bertz CT molecular complexity index is 798. The van der Waals surface area contributed by atoms with Gasteiger partial charge in [-0.3, -0.25) is 0 Å². The Labute approximate surface area is 135 Å². The minimum Gasteiger partial charge on any atom is -0.399 e. The minimum atomic E-state index is -1.47. The molecule has 0 saturated carbocycles. The van der Waals surface area contributed by atoms with E-state index in [4.69, 9.17) is 11.5 Å². The van der Waals surface area contributed by atoms with Gasteiger partial charge in [-0.05, 0) is 35.4 Å². The van der Waals surface area contributed by atoms with Gasteiger partial charge in [-0.1, -0.05) is 24.3 Å². The maximum absolute atomic E-state index is 14.4. The highest BCUT2D eigenvalue weighted by molar-refractivity contribution is 5.74. The van der Waals surface area contributed by atoms with E-state index in [0.29, 0.717) is 11.4 Å². The fourth-order valence-corrected chi connectivity index (χ4v) is 2.44. The number of halogens is 4. The lowest BCUT2D eigenvalue weighted by Crippen LogP contribution is -2.03. The van der Waals surface area contributed by atoms with Gasteiger partial charge in [0.15, 0.2) is 23.3 Å². The molecule has 3 aromatic carbocycles. The van der Waals surface area contributed by atoms with Crippen molar-refractivity contribution in [2.45, 2.75) is 0 Å². The van der Waals surface area contributed by atoms with E-state index in [1.54, 1.807) is 0 Å². The topological polar surface area (TPSA) is 52.0 Å². The van der Waals surface area contributed by atoms with E-state index in [1.807, 2.05) is 0 Å². The van der Waals surface area contributed by atoms with Gasteiger partial charge in [0.25, 0.3) is 0 Å². The normalized spacial score (nSPS) is 10.8. The van der Waals surface area contributed by atoms with E-state index in [1.165, 1.54) is 48.5 Å². The van der Waals surface area contributed by atoms with Crippen LogP contribution in [0.3, 0.4) is 0 Å². The van der Waals surface area contributed by atoms with Crippen molar-refractivity contribution in [3.05, 3.63) is 71.8 Å². The molecule has 4 N–H and O–H groups in total. The number of anilines is 2. The van der Waals surface area contributed by atoms with Crippen molar-refractivity contribution in [3.63, 3.8) is 0 Å². The van der Waals surface area contributed by atoms with Gasteiger partial charge in [-0.15, -0.1) is 0 Å². The smallest absolute Gasteiger partial charge is 0.170 e. The molecule has 0 bridgehead atoms. The molecular weight excluding hydrogens is 320 g/mol. The molecule has 0 unspecified atom stereocenters. The van der Waals surface area contributed by atoms with Crippen LogP contribution in [-0.2, 0) is 0 Å². The van der Waals surface area contributed by atoms with Gasteiger partial charge >= 0.3 is 0 Å². The molecule has 0 atom stereocenters. The average molecular weight is 332 g/mol. The van der Waals surface area contributed by atoms with Crippen LogP contribution in [0.5, 0.6) is 0 Å². The lowest BCUT2D eigenvalue weighted by Gasteiger charge is -2.13. The molecule has 3 rings (SSSR count). The summed E-state index contributed by atoms with van der Waals surface area (Å²) in [5.41, 5.74) is 10.2. The van der Waals surface area contributed by atoms with Gasteiger partial charge in [0.1, 0.15) is 0 Å². The van der Waals surface area contributed by atoms with Crippen LogP contribution >= 0.6 is 0 Å². The maximum Gasteiger partial charge on any atom is 0.170 e. The maximum atomic E-state index is 14.4. The van der Waals surface area contributed by atoms with Gasteiger partial charge in [0.2, 0.25) is 0 Å². The highest BCUT2D eigenvalue weighted by atomic mass is 19.2. The summed E-state index contributed by atoms with van der Waals surface area (Å²) in [5.74, 6) is -5.87. The average Bonchev–Trinajstić information content (AvgIpc) is 2.57. The number of nitrogen functional groups attached to an aromatic ring is 2. The molecule has 0 heterocycles. The van der Waals surface area contributed by atoms with Crippen molar-refractivity contribution in [1.29, 1.82) is 0 Å². The van der Waals surface area contributed by atoms with E-state index in [2.05, 4.69) is 0 Å². The first-order chi connectivity index (χ1) is 11.4. The minimum absolute atomic E-state index is 0.0131. The summed E-state index contributed by atoms with van der Waals surface area (Å²) in [7, 11) is 0. The number of rotatable bonds is 2. The zero-order valence-corrected chi connectivity index (χ0v) is 12.3. The predicted molar refractivity (Wildman–Crippen MR) is 86.0 cm³/mol. The summed E-state index contributed by atoms with van der Waals surface area (Å²) in [6.45, 7) is 0. The Morgan fingerprint density at radius 3 is 0.958 bits per heavy atom. The lowest BCUT2D eigenvalue weighted by molar-refractivity contribution is 0.463. The molecule has 0 radical (unpaired) electrons. The Balaban J connectivity index is 2.26. The Hall–Kier alpha value is -3.02. The molecule has 3 aromatic rings. The second-order valence-electron chi connectivity index (χ2n) is 5.25. The highest BCUT2D eigenvalue weighted by Gasteiger charge is 2.27. The molecule has 0 saturated heterocycles. The molecule has 6 heteroatoms. The summed E-state index contributed by atoms with van der Waals surface area (Å²) < 4.78 is 57.7. The summed E-state index contributed by atoms with van der Waals surface area (Å²) >= 11 is 0. The second-order valence-corrected chi connectivity index (χ2v) is 5.25. The lowest BCUT2D eigenvalue weighted by atomic mass is 9.97. The third-order valence-corrected chi connectivity index (χ3v) is 3.66. The molecule has 0 aliphatic carbocycles. The van der Waals surface area contributed by atoms with Crippen molar-refractivity contribution in [2.75, 3.05) is 11.5 Å². The Kier molecular flexibility index (Phi) is 3.89. The van der Waals surface area contributed by atoms with Gasteiger partial charge < -0.3 is 11.5 Å². The van der Waals surface area contributed by atoms with Gasteiger partial charge in [0, 0.05) is 11.4 Å². The molecule has 0 aliphatic heterocycles. The van der Waals surface area contributed by atoms with Crippen LogP contribution < -0.4 is 11.5 Å². The molecular formula is C18H12F4N2. The van der Waals surface area contributed by atoms with Crippen LogP contribution in [0.15, 0.2) is 48.5 Å². The van der Waals surface area contributed by atoms with E-state index < -0.39 is 34.4 Å². The first-order valence-electron chi connectivity index (χ1n) is 6.98. The zero-order valence-electron chi connectivity index (χ0n) is 12.3. The first kappa shape index (κ1) is 15.9. The van der Waals surface area contributed by atoms with Crippen LogP contribution in [0.25, 0.3) is 22.3 Å². The van der Waals surface area contributed by atoms with Crippen molar-refractivity contribution in [1.82, 2.24) is 0 Å². The number of hydrogen-bond donors (Lipinski definition) is 2. The molecule has 2 nitrogen and oxygen atoms in total. The van der Waals surface area contributed by atoms with Crippen molar-refractivity contribution < 1.29 is 17.6 Å². The van der Waals surface area contributed by atoms with Crippen LogP contribution in [0.1, 0.15) is 0 Å². The van der Waals surface area contributed by atoms with E-state index in [-0.39, 0.29) is 11.1 Å². The Morgan fingerprint density at radius 2 is 0.708 bits per heavy atom. The summed E-state index contributed by atoms with van der Waals surface area (Å²) in [6, 6.07) is 10.7. The standard InChI is InChI=1S/C18H12F4N2/c19-15-13(9-1-5-11(23)6-2-9)16(20)18(22)14(17(15)21)10-3-7-12(24)8-4-10/h1-8H,23-24H2. The van der Waals surface area contributed by atoms with Crippen molar-refractivity contribution in [2.24, 2.45) is 0 Å². The first-order valence-corrected chi connectivity index (χ1v) is 6.98. The fraction of sp³-hybridized carbons (Fsp3) is 0. The highest BCUT2D eigenvalue weighted by Crippen LogP contribution is 2.37. The fourth-order valence-electron chi connectivity index (χ4n) is 2.44. The molecule has 0 aliphatic rings. The third kappa shape index (κ3) is 2.56. The molecule has 122 valence electrons. The van der Waals surface area contributed by atoms with Crippen LogP contribution in [0.2, 0.25) is 0 Å². The molecule has 24 heavy (non-hydrogen) atoms. The molecule has 0 aromatic heterocycles. The second kappa shape index (κ2) is 5.88. The van der Waals surface area contributed by atoms with Gasteiger partial charge in [-0.25, -0.2) is 17.6 Å². The summed E-state index contributed by atoms with van der Waals surface area (Å²) in [5, 5.41) is 0. The van der Waals surface area contributed by atoms with Gasteiger partial charge in [-0.2, -0.15) is 0 Å². The number of benzene rings is 3. The monoisotopic (exact) mass is 332 g/mol. The SMILES string of the molecule is Nc1ccc(-c2c(F)c(F)c(-c3ccc(N)cc3)c(F)c2F)cc1. The summed E-state index contributed by atoms with van der Waals surface area (Å²) in [4.78, 5) is 0. The van der Waals surface area contributed by atoms with E-state index >= 15 is 0 Å². The van der Waals surface area contributed by atoms with Gasteiger partial charge in [0.05, 0.1) is 11.1 Å².